The summed E-state index contributed by atoms with van der Waals surface area (Å²) in [7, 11) is 0. The molecule has 7 heteroatoms. The largest absolute Gasteiger partial charge is 0.392 e. The average Bonchev–Trinajstić information content (AvgIpc) is 3.56. The Morgan fingerprint density at radius 1 is 0.956 bits per heavy atom. The molecule has 6 aliphatic rings. The van der Waals surface area contributed by atoms with Crippen molar-refractivity contribution in [2.24, 2.45) is 23.7 Å². The second-order valence-electron chi connectivity index (χ2n) is 14.9. The lowest BCUT2D eigenvalue weighted by Crippen LogP contribution is -2.60. The lowest BCUT2D eigenvalue weighted by Gasteiger charge is -2.56. The van der Waals surface area contributed by atoms with Crippen molar-refractivity contribution in [1.29, 1.82) is 0 Å². The van der Waals surface area contributed by atoms with Crippen LogP contribution in [0.5, 0.6) is 0 Å². The molecule has 0 spiro atoms. The predicted molar refractivity (Wildman–Crippen MR) is 176 cm³/mol. The third-order valence-electron chi connectivity index (χ3n) is 11.6. The number of hydrogen-bond donors (Lipinski definition) is 3. The minimum atomic E-state index is -0.530. The Balaban J connectivity index is 1.05. The van der Waals surface area contributed by atoms with E-state index in [9.17, 15) is 9.90 Å². The molecule has 1 heterocycles. The zero-order chi connectivity index (χ0) is 31.0. The molecule has 7 nitrogen and oxygen atoms in total. The van der Waals surface area contributed by atoms with E-state index in [4.69, 9.17) is 9.47 Å². The summed E-state index contributed by atoms with van der Waals surface area (Å²) < 4.78 is 13.5. The van der Waals surface area contributed by atoms with Crippen molar-refractivity contribution in [3.05, 3.63) is 77.9 Å². The minimum Gasteiger partial charge on any atom is -0.392 e. The number of ether oxygens (including phenoxy) is 2. The summed E-state index contributed by atoms with van der Waals surface area (Å²) in [5.41, 5.74) is 3.67. The fourth-order valence-electron chi connectivity index (χ4n) is 9.76. The normalized spacial score (nSPS) is 34.2. The first-order valence-corrected chi connectivity index (χ1v) is 17.4. The maximum Gasteiger partial charge on any atom is 0.319 e. The van der Waals surface area contributed by atoms with E-state index < -0.39 is 6.29 Å². The number of urea groups is 1. The van der Waals surface area contributed by atoms with Gasteiger partial charge in [-0.2, -0.15) is 0 Å². The molecule has 4 atom stereocenters. The smallest absolute Gasteiger partial charge is 0.319 e. The third kappa shape index (κ3) is 6.73. The highest BCUT2D eigenvalue weighted by molar-refractivity contribution is 5.89. The molecule has 1 saturated heterocycles. The van der Waals surface area contributed by atoms with Gasteiger partial charge in [0.2, 0.25) is 0 Å². The number of carbonyl (C=O) groups excluding carboxylic acids is 1. The standard InChI is InChI=1S/C38H51N3O4/c1-3-16-41(33-6-4-5-7-33)23-34-25(2)35(30-10-8-26(24-42)9-11-30)45-36(44-34)31-12-14-32(15-13-31)39-37(43)40-38-20-27-17-28(21-38)19-29(18-27)22-38/h3,8-15,25,27-29,33-36,42H,1,4-7,16-24H2,2H3,(H2,39,40,43). The second kappa shape index (κ2) is 13.2. The van der Waals surface area contributed by atoms with E-state index in [1.54, 1.807) is 0 Å². The van der Waals surface area contributed by atoms with E-state index in [2.05, 4.69) is 41.2 Å². The number of benzene rings is 2. The van der Waals surface area contributed by atoms with Crippen LogP contribution >= 0.6 is 0 Å². The van der Waals surface area contributed by atoms with Crippen molar-refractivity contribution in [3.8, 4) is 0 Å². The SMILES string of the molecule is C=CCN(CC1OC(c2ccc(NC(=O)NC34CC5CC(CC(C5)C3)C4)cc2)OC(c2ccc(CO)cc2)C1C)C1CCCC1. The van der Waals surface area contributed by atoms with Crippen LogP contribution < -0.4 is 10.6 Å². The maximum atomic E-state index is 13.2. The molecule has 0 aromatic heterocycles. The summed E-state index contributed by atoms with van der Waals surface area (Å²) in [5, 5.41) is 16.1. The van der Waals surface area contributed by atoms with Crippen LogP contribution in [0.4, 0.5) is 10.5 Å². The van der Waals surface area contributed by atoms with E-state index in [1.807, 2.05) is 42.5 Å². The van der Waals surface area contributed by atoms with Gasteiger partial charge in [-0.3, -0.25) is 4.90 Å². The van der Waals surface area contributed by atoms with E-state index in [0.29, 0.717) is 6.04 Å². The molecule has 6 fully saturated rings. The number of anilines is 1. The van der Waals surface area contributed by atoms with Crippen LogP contribution in [0, 0.1) is 23.7 Å². The molecule has 4 bridgehead atoms. The topological polar surface area (TPSA) is 83.1 Å². The first kappa shape index (κ1) is 30.9. The number of nitrogens with zero attached hydrogens (tertiary/aromatic N) is 1. The Labute approximate surface area is 268 Å². The molecule has 2 amide bonds. The van der Waals surface area contributed by atoms with Crippen LogP contribution in [0.2, 0.25) is 0 Å². The van der Waals surface area contributed by atoms with E-state index in [0.717, 1.165) is 72.5 Å². The molecule has 5 aliphatic carbocycles. The number of hydrogen-bond acceptors (Lipinski definition) is 5. The number of rotatable bonds is 10. The third-order valence-corrected chi connectivity index (χ3v) is 11.6. The van der Waals surface area contributed by atoms with Crippen molar-refractivity contribution < 1.29 is 19.4 Å². The van der Waals surface area contributed by atoms with Gasteiger partial charge in [0.1, 0.15) is 0 Å². The Hall–Kier alpha value is -2.71. The monoisotopic (exact) mass is 613 g/mol. The van der Waals surface area contributed by atoms with Gasteiger partial charge in [0, 0.05) is 41.8 Å². The molecular formula is C38H51N3O4. The van der Waals surface area contributed by atoms with Crippen LogP contribution in [0.25, 0.3) is 0 Å². The van der Waals surface area contributed by atoms with Gasteiger partial charge in [-0.1, -0.05) is 62.2 Å². The summed E-state index contributed by atoms with van der Waals surface area (Å²) in [6, 6.07) is 16.5. The number of nitrogens with one attached hydrogen (secondary N) is 2. The van der Waals surface area contributed by atoms with Crippen LogP contribution in [-0.4, -0.2) is 46.8 Å². The predicted octanol–water partition coefficient (Wildman–Crippen LogP) is 7.49. The molecule has 2 aromatic rings. The van der Waals surface area contributed by atoms with E-state index >= 15 is 0 Å². The molecular weight excluding hydrogens is 562 g/mol. The van der Waals surface area contributed by atoms with Gasteiger partial charge in [0.15, 0.2) is 6.29 Å². The van der Waals surface area contributed by atoms with Gasteiger partial charge >= 0.3 is 6.03 Å². The van der Waals surface area contributed by atoms with E-state index in [1.165, 1.54) is 44.9 Å². The molecule has 8 rings (SSSR count). The summed E-state index contributed by atoms with van der Waals surface area (Å²) in [5.74, 6) is 2.49. The summed E-state index contributed by atoms with van der Waals surface area (Å²) in [6.07, 6.45) is 13.8. The fourth-order valence-corrected chi connectivity index (χ4v) is 9.76. The lowest BCUT2D eigenvalue weighted by molar-refractivity contribution is -0.276. The number of amides is 2. The Kier molecular flexibility index (Phi) is 9.06. The zero-order valence-electron chi connectivity index (χ0n) is 26.8. The zero-order valence-corrected chi connectivity index (χ0v) is 26.8. The first-order valence-electron chi connectivity index (χ1n) is 17.4. The number of aliphatic hydroxyl groups excluding tert-OH is 1. The van der Waals surface area contributed by atoms with Gasteiger partial charge < -0.3 is 25.2 Å². The van der Waals surface area contributed by atoms with Crippen molar-refractivity contribution in [3.63, 3.8) is 0 Å². The number of carbonyl (C=O) groups is 1. The molecule has 1 aliphatic heterocycles. The Morgan fingerprint density at radius 2 is 1.58 bits per heavy atom. The quantitative estimate of drug-likeness (QED) is 0.242. The van der Waals surface area contributed by atoms with Crippen molar-refractivity contribution >= 4 is 11.7 Å². The Bertz CT molecular complexity index is 1290. The molecule has 3 N–H and O–H groups in total. The van der Waals surface area contributed by atoms with Gasteiger partial charge in [-0.25, -0.2) is 4.79 Å². The second-order valence-corrected chi connectivity index (χ2v) is 14.9. The first-order chi connectivity index (χ1) is 21.9. The van der Waals surface area contributed by atoms with Crippen LogP contribution in [0.1, 0.15) is 100 Å². The highest BCUT2D eigenvalue weighted by Crippen LogP contribution is 2.55. The van der Waals surface area contributed by atoms with Gasteiger partial charge in [0.25, 0.3) is 0 Å². The Morgan fingerprint density at radius 3 is 2.18 bits per heavy atom. The highest BCUT2D eigenvalue weighted by atomic mass is 16.7. The molecule has 0 radical (unpaired) electrons. The van der Waals surface area contributed by atoms with Crippen molar-refractivity contribution in [2.75, 3.05) is 18.4 Å². The molecule has 45 heavy (non-hydrogen) atoms. The summed E-state index contributed by atoms with van der Waals surface area (Å²) in [6.45, 7) is 7.97. The van der Waals surface area contributed by atoms with Gasteiger partial charge in [-0.05, 0) is 92.4 Å². The molecule has 242 valence electrons. The van der Waals surface area contributed by atoms with Crippen LogP contribution in [0.3, 0.4) is 0 Å². The van der Waals surface area contributed by atoms with Crippen LogP contribution in [-0.2, 0) is 16.1 Å². The minimum absolute atomic E-state index is 0.0172. The van der Waals surface area contributed by atoms with E-state index in [-0.39, 0.29) is 36.3 Å². The lowest BCUT2D eigenvalue weighted by atomic mass is 9.53. The van der Waals surface area contributed by atoms with Gasteiger partial charge in [-0.15, -0.1) is 6.58 Å². The molecule has 5 saturated carbocycles. The molecule has 4 unspecified atom stereocenters. The summed E-state index contributed by atoms with van der Waals surface area (Å²) >= 11 is 0. The van der Waals surface area contributed by atoms with Gasteiger partial charge in [0.05, 0.1) is 18.8 Å². The maximum absolute atomic E-state index is 13.2. The van der Waals surface area contributed by atoms with Crippen molar-refractivity contribution in [1.82, 2.24) is 10.2 Å². The number of aliphatic hydroxyl groups is 1. The van der Waals surface area contributed by atoms with Crippen LogP contribution in [0.15, 0.2) is 61.2 Å². The van der Waals surface area contributed by atoms with Crippen molar-refractivity contribution in [2.45, 2.75) is 108 Å². The molecule has 2 aromatic carbocycles. The highest BCUT2D eigenvalue weighted by Gasteiger charge is 2.51. The average molecular weight is 614 g/mol. The summed E-state index contributed by atoms with van der Waals surface area (Å²) in [4.78, 5) is 15.7. The fraction of sp³-hybridized carbons (Fsp3) is 0.605.